The Kier molecular flexibility index (Phi) is 9.03. The highest BCUT2D eigenvalue weighted by Crippen LogP contribution is 2.47. The summed E-state index contributed by atoms with van der Waals surface area (Å²) in [5.74, 6) is -0.917. The maximum atomic E-state index is 17.2. The molecular formula is C37H34ClF3N10O2S. The van der Waals surface area contributed by atoms with Gasteiger partial charge in [0.2, 0.25) is 5.82 Å². The van der Waals surface area contributed by atoms with Gasteiger partial charge in [0.05, 0.1) is 33.5 Å². The molecule has 3 aromatic heterocycles. The molecule has 2 N–H and O–H groups in total. The van der Waals surface area contributed by atoms with Crippen molar-refractivity contribution in [2.45, 2.75) is 49.6 Å². The normalized spacial score (nSPS) is 20.1. The SMILES string of the molecule is CF.N#Cc1c(N)sc2c(F)ccc(-c3c(Cl)cc4c(N5CCC6(CCN6C(=O)n6ccnc6C#N)C5)nc(OCC56CCCN5CCC6)nc4c3F)c12. The Morgan fingerprint density at radius 1 is 1.07 bits per heavy atom. The van der Waals surface area contributed by atoms with Gasteiger partial charge in [0.1, 0.15) is 40.9 Å². The van der Waals surface area contributed by atoms with Gasteiger partial charge in [0.25, 0.3) is 0 Å². The molecule has 4 fully saturated rings. The average molecular weight is 775 g/mol. The molecule has 0 aliphatic carbocycles. The summed E-state index contributed by atoms with van der Waals surface area (Å²) in [4.78, 5) is 33.3. The summed E-state index contributed by atoms with van der Waals surface area (Å²) in [6.45, 7) is 3.79. The van der Waals surface area contributed by atoms with E-state index in [9.17, 15) is 24.1 Å². The highest BCUT2D eigenvalue weighted by atomic mass is 35.5. The number of likely N-dealkylation sites (tertiary alicyclic amines) is 1. The molecule has 1 atom stereocenters. The third-order valence-corrected chi connectivity index (χ3v) is 12.8. The minimum atomic E-state index is -0.766. The van der Waals surface area contributed by atoms with Crippen LogP contribution in [0, 0.1) is 34.3 Å². The first-order chi connectivity index (χ1) is 26.2. The lowest BCUT2D eigenvalue weighted by molar-refractivity contribution is 0.0414. The predicted octanol–water partition coefficient (Wildman–Crippen LogP) is 6.88. The van der Waals surface area contributed by atoms with Crippen molar-refractivity contribution >= 4 is 60.8 Å². The van der Waals surface area contributed by atoms with Gasteiger partial charge in [-0.3, -0.25) is 9.29 Å². The molecule has 1 spiro atoms. The zero-order valence-corrected chi connectivity index (χ0v) is 30.8. The number of benzene rings is 2. The number of thiophene rings is 1. The summed E-state index contributed by atoms with van der Waals surface area (Å²) < 4.78 is 49.4. The van der Waals surface area contributed by atoms with Gasteiger partial charge in [-0.05, 0) is 69.3 Å². The fourth-order valence-corrected chi connectivity index (χ4v) is 10.1. The molecule has 1 amide bonds. The molecule has 4 aliphatic heterocycles. The van der Waals surface area contributed by atoms with Gasteiger partial charge in [-0.25, -0.2) is 23.1 Å². The van der Waals surface area contributed by atoms with Crippen LogP contribution in [0.4, 0.5) is 28.8 Å². The Hall–Kier alpha value is -5.16. The Labute approximate surface area is 317 Å². The first kappa shape index (κ1) is 35.8. The molecule has 12 nitrogen and oxygen atoms in total. The number of aromatic nitrogens is 4. The van der Waals surface area contributed by atoms with E-state index in [4.69, 9.17) is 27.1 Å². The molecule has 9 rings (SSSR count). The fourth-order valence-electron chi connectivity index (χ4n) is 8.85. The number of nitrogens with two attached hydrogens (primary N) is 1. The molecule has 278 valence electrons. The van der Waals surface area contributed by atoms with E-state index < -0.39 is 17.2 Å². The number of nitrogens with zero attached hydrogens (tertiary/aromatic N) is 9. The van der Waals surface area contributed by atoms with E-state index in [-0.39, 0.29) is 65.7 Å². The highest BCUT2D eigenvalue weighted by molar-refractivity contribution is 7.23. The highest BCUT2D eigenvalue weighted by Gasteiger charge is 2.53. The van der Waals surface area contributed by atoms with Gasteiger partial charge in [0, 0.05) is 48.4 Å². The lowest BCUT2D eigenvalue weighted by Gasteiger charge is -2.50. The summed E-state index contributed by atoms with van der Waals surface area (Å²) >= 11 is 7.83. The first-order valence-electron chi connectivity index (χ1n) is 17.5. The minimum Gasteiger partial charge on any atom is -0.461 e. The molecule has 5 aromatic rings. The summed E-state index contributed by atoms with van der Waals surface area (Å²) in [6, 6.07) is 7.90. The molecule has 0 radical (unpaired) electrons. The summed E-state index contributed by atoms with van der Waals surface area (Å²) in [5.41, 5.74) is 5.64. The summed E-state index contributed by atoms with van der Waals surface area (Å²) in [7, 11) is 0.500. The third-order valence-electron chi connectivity index (χ3n) is 11.5. The molecule has 4 aliphatic rings. The molecule has 17 heteroatoms. The summed E-state index contributed by atoms with van der Waals surface area (Å²) in [5, 5.41) is 20.1. The predicted molar refractivity (Wildman–Crippen MR) is 198 cm³/mol. The van der Waals surface area contributed by atoms with Crippen molar-refractivity contribution in [1.29, 1.82) is 10.5 Å². The number of halogens is 4. The number of nitrogen functional groups attached to an aromatic ring is 1. The van der Waals surface area contributed by atoms with Gasteiger partial charge >= 0.3 is 12.0 Å². The van der Waals surface area contributed by atoms with E-state index in [0.717, 1.165) is 56.5 Å². The molecular weight excluding hydrogens is 741 g/mol. The second-order valence-corrected chi connectivity index (χ2v) is 15.5. The number of ether oxygens (including phenoxy) is 1. The topological polar surface area (TPSA) is 153 Å². The van der Waals surface area contributed by atoms with Crippen LogP contribution in [0.15, 0.2) is 30.6 Å². The monoisotopic (exact) mass is 774 g/mol. The van der Waals surface area contributed by atoms with E-state index in [1.165, 1.54) is 29.1 Å². The maximum Gasteiger partial charge on any atom is 0.330 e. The number of fused-ring (bicyclic) bond motifs is 3. The van der Waals surface area contributed by atoms with Crippen LogP contribution in [-0.4, -0.2) is 92.9 Å². The Morgan fingerprint density at radius 2 is 1.83 bits per heavy atom. The van der Waals surface area contributed by atoms with Crippen molar-refractivity contribution in [3.05, 3.63) is 58.6 Å². The summed E-state index contributed by atoms with van der Waals surface area (Å²) in [6.07, 6.45) is 8.41. The Bertz CT molecular complexity index is 2420. The van der Waals surface area contributed by atoms with Crippen LogP contribution in [0.2, 0.25) is 5.02 Å². The van der Waals surface area contributed by atoms with Gasteiger partial charge in [-0.15, -0.1) is 11.3 Å². The average Bonchev–Trinajstić information content (AvgIpc) is 4.00. The van der Waals surface area contributed by atoms with Gasteiger partial charge in [-0.2, -0.15) is 20.5 Å². The third kappa shape index (κ3) is 5.41. The number of carbonyl (C=O) groups excluding carboxylic acids is 1. The number of hydrogen-bond acceptors (Lipinski definition) is 11. The number of nitriles is 2. The maximum absolute atomic E-state index is 17.2. The molecule has 1 unspecified atom stereocenters. The van der Waals surface area contributed by atoms with Gasteiger partial charge in [0.15, 0.2) is 5.82 Å². The molecule has 0 bridgehead atoms. The van der Waals surface area contributed by atoms with E-state index in [0.29, 0.717) is 51.0 Å². The van der Waals surface area contributed by atoms with Crippen LogP contribution in [-0.2, 0) is 0 Å². The number of hydrogen-bond donors (Lipinski definition) is 1. The van der Waals surface area contributed by atoms with Crippen LogP contribution in [0.3, 0.4) is 0 Å². The van der Waals surface area contributed by atoms with E-state index in [1.54, 1.807) is 11.0 Å². The van der Waals surface area contributed by atoms with Crippen LogP contribution in [0.25, 0.3) is 32.1 Å². The first-order valence-corrected chi connectivity index (χ1v) is 18.7. The molecule has 2 aromatic carbocycles. The molecule has 4 saturated heterocycles. The number of alkyl halides is 1. The zero-order valence-electron chi connectivity index (χ0n) is 29.2. The molecule has 7 heterocycles. The van der Waals surface area contributed by atoms with Crippen molar-refractivity contribution in [1.82, 2.24) is 29.3 Å². The molecule has 0 saturated carbocycles. The van der Waals surface area contributed by atoms with Crippen molar-refractivity contribution in [3.63, 3.8) is 0 Å². The van der Waals surface area contributed by atoms with Crippen LogP contribution < -0.4 is 15.4 Å². The van der Waals surface area contributed by atoms with Crippen molar-refractivity contribution in [2.24, 2.45) is 0 Å². The quantitative estimate of drug-likeness (QED) is 0.200. The zero-order chi connectivity index (χ0) is 37.9. The second-order valence-electron chi connectivity index (χ2n) is 14.0. The lowest BCUT2D eigenvalue weighted by Crippen LogP contribution is -2.64. The van der Waals surface area contributed by atoms with Crippen molar-refractivity contribution in [2.75, 3.05) is 57.1 Å². The van der Waals surface area contributed by atoms with E-state index in [2.05, 4.69) is 14.9 Å². The number of rotatable bonds is 5. The largest absolute Gasteiger partial charge is 0.461 e. The van der Waals surface area contributed by atoms with Crippen LogP contribution in [0.1, 0.15) is 49.9 Å². The standard InChI is InChI=1S/C36H31ClF2N10O2S.CH3F/c37-23-15-21-29(28(39)27(23)20-3-4-24(38)30-26(20)22(16-40)31(42)52-30)44-33(51-19-36-5-1-10-47(36)11-2-6-36)45-32(21)46-12-7-35(18-46)8-13-49(35)34(50)48-14-9-43-25(48)17-41;1-2/h3-4,9,14-15H,1-2,5-8,10-13,18-19,42H2;1H3. The Balaban J connectivity index is 0.00000203. The fraction of sp³-hybridized carbons (Fsp3) is 0.405. The van der Waals surface area contributed by atoms with Crippen LogP contribution in [0.5, 0.6) is 6.01 Å². The van der Waals surface area contributed by atoms with Crippen molar-refractivity contribution < 1.29 is 22.7 Å². The number of carbonyl (C=O) groups is 1. The Morgan fingerprint density at radius 3 is 2.54 bits per heavy atom. The number of amides is 1. The van der Waals surface area contributed by atoms with Gasteiger partial charge in [-0.1, -0.05) is 17.7 Å². The molecule has 54 heavy (non-hydrogen) atoms. The number of imidazole rings is 1. The second kappa shape index (κ2) is 13.6. The smallest absolute Gasteiger partial charge is 0.330 e. The van der Waals surface area contributed by atoms with Crippen LogP contribution >= 0.6 is 22.9 Å². The lowest BCUT2D eigenvalue weighted by atomic mass is 9.84. The van der Waals surface area contributed by atoms with E-state index >= 15 is 4.39 Å². The number of anilines is 2. The van der Waals surface area contributed by atoms with Gasteiger partial charge < -0.3 is 20.3 Å². The minimum absolute atomic E-state index is 0.0134. The van der Waals surface area contributed by atoms with Crippen molar-refractivity contribution in [3.8, 4) is 29.3 Å². The van der Waals surface area contributed by atoms with E-state index in [1.807, 2.05) is 17.0 Å².